The summed E-state index contributed by atoms with van der Waals surface area (Å²) >= 11 is 0. The van der Waals surface area contributed by atoms with Crippen LogP contribution in [0.15, 0.2) is 48.6 Å². The number of hydrogen-bond acceptors (Lipinski definition) is 7. The van der Waals surface area contributed by atoms with Gasteiger partial charge in [0.05, 0.1) is 34.4 Å². The summed E-state index contributed by atoms with van der Waals surface area (Å²) in [4.78, 5) is 37.4. The molecule has 0 aliphatic carbocycles. The van der Waals surface area contributed by atoms with Crippen molar-refractivity contribution in [3.63, 3.8) is 0 Å². The average Bonchev–Trinajstić information content (AvgIpc) is 3.30. The molecule has 396 valence electrons. The molecular formula is C59H108NO8+. The zero-order valence-corrected chi connectivity index (χ0v) is 45.0. The highest BCUT2D eigenvalue weighted by atomic mass is 16.7. The number of nitrogens with zero attached hydrogens (tertiary/aromatic N) is 1. The molecule has 0 aromatic heterocycles. The van der Waals surface area contributed by atoms with Crippen LogP contribution in [0.1, 0.15) is 251 Å². The quantitative estimate of drug-likeness (QED) is 0.0211. The molecule has 2 atom stereocenters. The summed E-state index contributed by atoms with van der Waals surface area (Å²) in [6, 6.07) is 0. The molecule has 0 saturated carbocycles. The highest BCUT2D eigenvalue weighted by Crippen LogP contribution is 2.16. The van der Waals surface area contributed by atoms with Gasteiger partial charge in [-0.2, -0.15) is 0 Å². The van der Waals surface area contributed by atoms with Gasteiger partial charge in [0.25, 0.3) is 6.29 Å². The third-order valence-corrected chi connectivity index (χ3v) is 12.3. The van der Waals surface area contributed by atoms with E-state index in [1.165, 1.54) is 161 Å². The van der Waals surface area contributed by atoms with E-state index in [1.54, 1.807) is 0 Å². The van der Waals surface area contributed by atoms with Crippen molar-refractivity contribution in [1.29, 1.82) is 0 Å². The van der Waals surface area contributed by atoms with Crippen LogP contribution >= 0.6 is 0 Å². The number of carboxylic acid groups (broad SMARTS) is 1. The van der Waals surface area contributed by atoms with Gasteiger partial charge in [0, 0.05) is 12.8 Å². The highest BCUT2D eigenvalue weighted by molar-refractivity contribution is 5.71. The monoisotopic (exact) mass is 959 g/mol. The van der Waals surface area contributed by atoms with Gasteiger partial charge >= 0.3 is 17.9 Å². The molecule has 1 N–H and O–H groups in total. The SMILES string of the molecule is CCCCCC/C=C\C/C=C\CCCCCCCCCC(=O)OCC(COC(OCC[N+](C)(C)C)C(=O)O)OC(=O)CCCCCCCCCCCCCCC/C=C\C/C=C\CCCCCCC. The van der Waals surface area contributed by atoms with Gasteiger partial charge in [-0.15, -0.1) is 0 Å². The van der Waals surface area contributed by atoms with Crippen LogP contribution in [0.2, 0.25) is 0 Å². The Labute approximate surface area is 419 Å². The van der Waals surface area contributed by atoms with Crippen molar-refractivity contribution in [1.82, 2.24) is 0 Å². The van der Waals surface area contributed by atoms with Crippen LogP contribution in [0, 0.1) is 0 Å². The topological polar surface area (TPSA) is 108 Å². The van der Waals surface area contributed by atoms with E-state index in [4.69, 9.17) is 18.9 Å². The van der Waals surface area contributed by atoms with Crippen molar-refractivity contribution in [2.75, 3.05) is 47.5 Å². The summed E-state index contributed by atoms with van der Waals surface area (Å²) in [5.41, 5.74) is 0. The lowest BCUT2D eigenvalue weighted by Crippen LogP contribution is -2.40. The number of ether oxygens (including phenoxy) is 4. The van der Waals surface area contributed by atoms with Crippen LogP contribution in [-0.4, -0.2) is 87.4 Å². The van der Waals surface area contributed by atoms with Crippen LogP contribution in [-0.2, 0) is 33.3 Å². The Kier molecular flexibility index (Phi) is 48.6. The lowest BCUT2D eigenvalue weighted by molar-refractivity contribution is -0.870. The first-order valence-electron chi connectivity index (χ1n) is 28.3. The molecule has 0 aliphatic rings. The summed E-state index contributed by atoms with van der Waals surface area (Å²) in [6.45, 7) is 4.86. The van der Waals surface area contributed by atoms with E-state index in [0.29, 0.717) is 17.4 Å². The summed E-state index contributed by atoms with van der Waals surface area (Å²) in [6.07, 6.45) is 58.9. The van der Waals surface area contributed by atoms with E-state index >= 15 is 0 Å². The average molecular weight is 960 g/mol. The molecule has 0 fully saturated rings. The molecule has 0 spiro atoms. The molecular weight excluding hydrogens is 851 g/mol. The highest BCUT2D eigenvalue weighted by Gasteiger charge is 2.25. The fraction of sp³-hybridized carbons (Fsp3) is 0.814. The molecule has 0 aromatic carbocycles. The van der Waals surface area contributed by atoms with E-state index in [1.807, 2.05) is 21.1 Å². The Balaban J connectivity index is 4.26. The lowest BCUT2D eigenvalue weighted by atomic mass is 10.0. The maximum atomic E-state index is 12.9. The van der Waals surface area contributed by atoms with Crippen molar-refractivity contribution < 1.29 is 42.9 Å². The number of hydrogen-bond donors (Lipinski definition) is 1. The Hall–Kier alpha value is -2.75. The molecule has 0 rings (SSSR count). The summed E-state index contributed by atoms with van der Waals surface area (Å²) < 4.78 is 22.9. The first-order chi connectivity index (χ1) is 33.1. The van der Waals surface area contributed by atoms with Crippen LogP contribution in [0.4, 0.5) is 0 Å². The van der Waals surface area contributed by atoms with Gasteiger partial charge in [-0.05, 0) is 77.0 Å². The second kappa shape index (κ2) is 50.6. The molecule has 0 heterocycles. The Morgan fingerprint density at radius 2 is 0.794 bits per heavy atom. The third kappa shape index (κ3) is 51.1. The van der Waals surface area contributed by atoms with Crippen molar-refractivity contribution >= 4 is 17.9 Å². The number of esters is 2. The lowest BCUT2D eigenvalue weighted by Gasteiger charge is -2.25. The predicted octanol–water partition coefficient (Wildman–Crippen LogP) is 16.3. The molecule has 68 heavy (non-hydrogen) atoms. The molecule has 0 aliphatic heterocycles. The van der Waals surface area contributed by atoms with Gasteiger partial charge in [0.15, 0.2) is 6.10 Å². The van der Waals surface area contributed by atoms with Crippen molar-refractivity contribution in [2.24, 2.45) is 0 Å². The minimum absolute atomic E-state index is 0.186. The maximum Gasteiger partial charge on any atom is 0.361 e. The van der Waals surface area contributed by atoms with Crippen LogP contribution in [0.3, 0.4) is 0 Å². The van der Waals surface area contributed by atoms with Gasteiger partial charge < -0.3 is 28.5 Å². The number of likely N-dealkylation sites (N-methyl/N-ethyl adjacent to an activating group) is 1. The van der Waals surface area contributed by atoms with Gasteiger partial charge in [-0.3, -0.25) is 9.59 Å². The van der Waals surface area contributed by atoms with Gasteiger partial charge in [-0.25, -0.2) is 4.79 Å². The van der Waals surface area contributed by atoms with Crippen molar-refractivity contribution in [2.45, 2.75) is 264 Å². The number of allylic oxidation sites excluding steroid dienone is 8. The fourth-order valence-corrected chi connectivity index (χ4v) is 7.90. The standard InChI is InChI=1S/C59H107NO8/c1-6-8-10-12-14-16-18-20-22-24-26-27-28-29-30-31-32-34-36-38-40-42-44-46-48-50-57(62)68-55(54-67-59(58(63)64)65-52-51-60(3,4)5)53-66-56(61)49-47-45-43-41-39-37-35-33-25-23-21-19-17-15-13-11-9-7-2/h17-20,23-26,55,59H,6-16,21-22,27-54H2,1-5H3/p+1/b19-17-,20-18-,25-23-,26-24-. The summed E-state index contributed by atoms with van der Waals surface area (Å²) in [7, 11) is 5.97. The van der Waals surface area contributed by atoms with E-state index < -0.39 is 24.3 Å². The van der Waals surface area contributed by atoms with Crippen LogP contribution in [0.5, 0.6) is 0 Å². The Morgan fingerprint density at radius 1 is 0.441 bits per heavy atom. The van der Waals surface area contributed by atoms with Gasteiger partial charge in [0.2, 0.25) is 0 Å². The number of unbranched alkanes of at least 4 members (excludes halogenated alkanes) is 29. The third-order valence-electron chi connectivity index (χ3n) is 12.3. The number of rotatable bonds is 52. The molecule has 0 radical (unpaired) electrons. The minimum atomic E-state index is -1.51. The first-order valence-corrected chi connectivity index (χ1v) is 28.3. The molecule has 0 saturated heterocycles. The molecule has 0 amide bonds. The number of carboxylic acids is 1. The van der Waals surface area contributed by atoms with Crippen LogP contribution in [0.25, 0.3) is 0 Å². The predicted molar refractivity (Wildman–Crippen MR) is 286 cm³/mol. The maximum absolute atomic E-state index is 12.9. The molecule has 9 nitrogen and oxygen atoms in total. The zero-order valence-electron chi connectivity index (χ0n) is 45.0. The summed E-state index contributed by atoms with van der Waals surface area (Å²) in [5.74, 6) is -2.01. The second-order valence-corrected chi connectivity index (χ2v) is 20.2. The number of carbonyl (C=O) groups excluding carboxylic acids is 2. The smallest absolute Gasteiger partial charge is 0.361 e. The van der Waals surface area contributed by atoms with Gasteiger partial charge in [0.1, 0.15) is 13.2 Å². The molecule has 0 bridgehead atoms. The number of quaternary nitrogens is 1. The first kappa shape index (κ1) is 65.2. The van der Waals surface area contributed by atoms with Gasteiger partial charge in [-0.1, -0.05) is 210 Å². The number of carbonyl (C=O) groups is 3. The minimum Gasteiger partial charge on any atom is -0.477 e. The fourth-order valence-electron chi connectivity index (χ4n) is 7.90. The largest absolute Gasteiger partial charge is 0.477 e. The Morgan fingerprint density at radius 3 is 1.18 bits per heavy atom. The van der Waals surface area contributed by atoms with Crippen molar-refractivity contribution in [3.05, 3.63) is 48.6 Å². The van der Waals surface area contributed by atoms with Crippen LogP contribution < -0.4 is 0 Å². The van der Waals surface area contributed by atoms with E-state index in [-0.39, 0.29) is 32.2 Å². The molecule has 2 unspecified atom stereocenters. The van der Waals surface area contributed by atoms with E-state index in [0.717, 1.165) is 64.2 Å². The van der Waals surface area contributed by atoms with E-state index in [2.05, 4.69) is 62.5 Å². The Bertz CT molecular complexity index is 1250. The molecule has 0 aromatic rings. The van der Waals surface area contributed by atoms with E-state index in [9.17, 15) is 19.5 Å². The summed E-state index contributed by atoms with van der Waals surface area (Å²) in [5, 5.41) is 9.69. The second-order valence-electron chi connectivity index (χ2n) is 20.2. The normalized spacial score (nSPS) is 13.1. The van der Waals surface area contributed by atoms with Crippen molar-refractivity contribution in [3.8, 4) is 0 Å². The molecule has 9 heteroatoms. The number of aliphatic carboxylic acids is 1. The zero-order chi connectivity index (χ0) is 49.9.